The second-order valence-electron chi connectivity index (χ2n) is 7.57. The van der Waals surface area contributed by atoms with Gasteiger partial charge in [0.25, 0.3) is 5.91 Å². The second-order valence-corrected chi connectivity index (χ2v) is 7.57. The van der Waals surface area contributed by atoms with Crippen LogP contribution in [0.1, 0.15) is 35.3 Å². The molecule has 2 amide bonds. The molecule has 4 heterocycles. The fourth-order valence-electron chi connectivity index (χ4n) is 3.93. The lowest BCUT2D eigenvalue weighted by molar-refractivity contribution is -0.117. The van der Waals surface area contributed by atoms with E-state index in [4.69, 9.17) is 0 Å². The maximum absolute atomic E-state index is 12.6. The molecule has 8 heteroatoms. The smallest absolute Gasteiger partial charge is 0.252 e. The third-order valence-corrected chi connectivity index (χ3v) is 5.61. The zero-order valence-electron chi connectivity index (χ0n) is 16.6. The van der Waals surface area contributed by atoms with Gasteiger partial charge in [0.2, 0.25) is 5.91 Å². The molecule has 2 aromatic heterocycles. The van der Waals surface area contributed by atoms with E-state index in [1.165, 1.54) is 12.8 Å². The summed E-state index contributed by atoms with van der Waals surface area (Å²) in [7, 11) is 2.13. The van der Waals surface area contributed by atoms with Crippen LogP contribution in [0.15, 0.2) is 36.7 Å². The van der Waals surface area contributed by atoms with Crippen molar-refractivity contribution < 1.29 is 9.59 Å². The summed E-state index contributed by atoms with van der Waals surface area (Å²) < 4.78 is 0. The van der Waals surface area contributed by atoms with E-state index in [1.807, 2.05) is 18.2 Å². The van der Waals surface area contributed by atoms with Gasteiger partial charge >= 0.3 is 0 Å². The Kier molecular flexibility index (Phi) is 5.71. The van der Waals surface area contributed by atoms with Crippen LogP contribution in [0.4, 0.5) is 11.5 Å². The minimum Gasteiger partial charge on any atom is -0.359 e. The van der Waals surface area contributed by atoms with E-state index in [0.717, 1.165) is 18.7 Å². The van der Waals surface area contributed by atoms with Crippen molar-refractivity contribution in [1.29, 1.82) is 0 Å². The SMILES string of the molecule is CN1CCCC1CCNC(=O)c1cnc2c(c1)N(Cc1ccccn1)C(=O)CN2. The number of hydrogen-bond donors (Lipinski definition) is 2. The van der Waals surface area contributed by atoms with Gasteiger partial charge in [0, 0.05) is 25.0 Å². The predicted molar refractivity (Wildman–Crippen MR) is 111 cm³/mol. The summed E-state index contributed by atoms with van der Waals surface area (Å²) >= 11 is 0. The lowest BCUT2D eigenvalue weighted by Gasteiger charge is -2.29. The Balaban J connectivity index is 1.45. The van der Waals surface area contributed by atoms with Crippen LogP contribution >= 0.6 is 0 Å². The lowest BCUT2D eigenvalue weighted by Crippen LogP contribution is -2.40. The number of aromatic nitrogens is 2. The molecule has 8 nitrogen and oxygen atoms in total. The zero-order chi connectivity index (χ0) is 20.2. The summed E-state index contributed by atoms with van der Waals surface area (Å²) in [6, 6.07) is 7.86. The highest BCUT2D eigenvalue weighted by Crippen LogP contribution is 2.29. The normalized spacial score (nSPS) is 19.0. The predicted octanol–water partition coefficient (Wildman–Crippen LogP) is 1.65. The van der Waals surface area contributed by atoms with Crippen LogP contribution in [0, 0.1) is 0 Å². The van der Waals surface area contributed by atoms with Gasteiger partial charge in [0.05, 0.1) is 30.0 Å². The van der Waals surface area contributed by atoms with Crippen LogP contribution in [0.3, 0.4) is 0 Å². The van der Waals surface area contributed by atoms with Gasteiger partial charge in [-0.3, -0.25) is 14.6 Å². The molecule has 29 heavy (non-hydrogen) atoms. The van der Waals surface area contributed by atoms with Crippen molar-refractivity contribution in [2.45, 2.75) is 31.8 Å². The molecule has 2 aliphatic heterocycles. The number of carbonyl (C=O) groups excluding carboxylic acids is 2. The van der Waals surface area contributed by atoms with E-state index >= 15 is 0 Å². The molecule has 2 aliphatic rings. The average Bonchev–Trinajstić information content (AvgIpc) is 3.15. The molecule has 1 atom stereocenters. The Morgan fingerprint density at radius 1 is 1.34 bits per heavy atom. The van der Waals surface area contributed by atoms with E-state index in [9.17, 15) is 9.59 Å². The van der Waals surface area contributed by atoms with Crippen LogP contribution in [0.25, 0.3) is 0 Å². The highest BCUT2D eigenvalue weighted by Gasteiger charge is 2.27. The van der Waals surface area contributed by atoms with Gasteiger partial charge in [-0.2, -0.15) is 0 Å². The first kappa shape index (κ1) is 19.3. The van der Waals surface area contributed by atoms with Gasteiger partial charge in [-0.05, 0) is 51.1 Å². The number of anilines is 2. The van der Waals surface area contributed by atoms with Crippen molar-refractivity contribution >= 4 is 23.3 Å². The molecule has 0 saturated carbocycles. The highest BCUT2D eigenvalue weighted by molar-refractivity contribution is 6.04. The number of nitrogens with one attached hydrogen (secondary N) is 2. The Bertz CT molecular complexity index is 888. The van der Waals surface area contributed by atoms with E-state index in [2.05, 4.69) is 32.5 Å². The Labute approximate surface area is 170 Å². The third-order valence-electron chi connectivity index (χ3n) is 5.61. The van der Waals surface area contributed by atoms with Crippen LogP contribution in [0.2, 0.25) is 0 Å². The molecule has 4 rings (SSSR count). The molecule has 1 saturated heterocycles. The number of likely N-dealkylation sites (tertiary alicyclic amines) is 1. The average molecular weight is 394 g/mol. The molecule has 2 aromatic rings. The molecule has 0 bridgehead atoms. The molecule has 152 valence electrons. The first-order valence-electron chi connectivity index (χ1n) is 10.0. The lowest BCUT2D eigenvalue weighted by atomic mass is 10.1. The summed E-state index contributed by atoms with van der Waals surface area (Å²) in [6.07, 6.45) is 6.59. The van der Waals surface area contributed by atoms with E-state index < -0.39 is 0 Å². The van der Waals surface area contributed by atoms with Gasteiger partial charge < -0.3 is 20.4 Å². The van der Waals surface area contributed by atoms with Crippen molar-refractivity contribution in [3.8, 4) is 0 Å². The molecular formula is C21H26N6O2. The van der Waals surface area contributed by atoms with Crippen LogP contribution in [-0.4, -0.2) is 59.4 Å². The van der Waals surface area contributed by atoms with E-state index in [0.29, 0.717) is 36.2 Å². The van der Waals surface area contributed by atoms with Crippen molar-refractivity contribution in [2.75, 3.05) is 36.9 Å². The molecule has 2 N–H and O–H groups in total. The number of pyridine rings is 2. The molecule has 0 radical (unpaired) electrons. The quantitative estimate of drug-likeness (QED) is 0.774. The van der Waals surface area contributed by atoms with E-state index in [1.54, 1.807) is 23.4 Å². The Morgan fingerprint density at radius 2 is 2.24 bits per heavy atom. The maximum atomic E-state index is 12.6. The van der Waals surface area contributed by atoms with Crippen molar-refractivity contribution in [1.82, 2.24) is 20.2 Å². The second kappa shape index (κ2) is 8.57. The summed E-state index contributed by atoms with van der Waals surface area (Å²) in [5.41, 5.74) is 1.84. The first-order valence-corrected chi connectivity index (χ1v) is 10.0. The molecule has 1 unspecified atom stereocenters. The maximum Gasteiger partial charge on any atom is 0.252 e. The van der Waals surface area contributed by atoms with Crippen LogP contribution in [0.5, 0.6) is 0 Å². The number of fused-ring (bicyclic) bond motifs is 1. The van der Waals surface area contributed by atoms with Gasteiger partial charge in [-0.15, -0.1) is 0 Å². The minimum absolute atomic E-state index is 0.0771. The largest absolute Gasteiger partial charge is 0.359 e. The fraction of sp³-hybridized carbons (Fsp3) is 0.429. The Hall–Kier alpha value is -3.00. The Morgan fingerprint density at radius 3 is 3.00 bits per heavy atom. The number of hydrogen-bond acceptors (Lipinski definition) is 6. The topological polar surface area (TPSA) is 90.5 Å². The number of amides is 2. The van der Waals surface area contributed by atoms with Crippen molar-refractivity contribution in [3.05, 3.63) is 47.9 Å². The standard InChI is InChI=1S/C21H26N6O2/c1-26-10-4-6-17(26)7-9-23-21(29)15-11-18-20(24-12-15)25-13-19(28)27(18)14-16-5-2-3-8-22-16/h2-3,5,8,11-12,17H,4,6-7,9-10,13-14H2,1H3,(H,23,29)(H,24,25). The highest BCUT2D eigenvalue weighted by atomic mass is 16.2. The van der Waals surface area contributed by atoms with E-state index in [-0.39, 0.29) is 18.4 Å². The number of rotatable bonds is 6. The minimum atomic E-state index is -0.170. The molecular weight excluding hydrogens is 368 g/mol. The summed E-state index contributed by atoms with van der Waals surface area (Å²) in [5, 5.41) is 6.01. The summed E-state index contributed by atoms with van der Waals surface area (Å²) in [5.74, 6) is 0.355. The van der Waals surface area contributed by atoms with Gasteiger partial charge in [0.1, 0.15) is 0 Å². The van der Waals surface area contributed by atoms with Gasteiger partial charge in [-0.1, -0.05) is 6.07 Å². The van der Waals surface area contributed by atoms with Gasteiger partial charge in [-0.25, -0.2) is 4.98 Å². The van der Waals surface area contributed by atoms with Crippen molar-refractivity contribution in [2.24, 2.45) is 0 Å². The first-order chi connectivity index (χ1) is 14.1. The summed E-state index contributed by atoms with van der Waals surface area (Å²) in [6.45, 7) is 2.27. The molecule has 0 aliphatic carbocycles. The van der Waals surface area contributed by atoms with Gasteiger partial charge in [0.15, 0.2) is 5.82 Å². The molecule has 0 aromatic carbocycles. The van der Waals surface area contributed by atoms with Crippen molar-refractivity contribution in [3.63, 3.8) is 0 Å². The summed E-state index contributed by atoms with van der Waals surface area (Å²) in [4.78, 5) is 37.8. The monoisotopic (exact) mass is 394 g/mol. The fourth-order valence-corrected chi connectivity index (χ4v) is 3.93. The number of nitrogens with zero attached hydrogens (tertiary/aromatic N) is 4. The van der Waals surface area contributed by atoms with Crippen LogP contribution < -0.4 is 15.5 Å². The number of carbonyl (C=O) groups is 2. The molecule has 0 spiro atoms. The molecule has 1 fully saturated rings. The third kappa shape index (κ3) is 4.37. The van der Waals surface area contributed by atoms with Crippen LogP contribution in [-0.2, 0) is 11.3 Å². The zero-order valence-corrected chi connectivity index (χ0v) is 16.6.